The number of rotatable bonds is 4. The maximum absolute atomic E-state index is 11.7. The summed E-state index contributed by atoms with van der Waals surface area (Å²) >= 11 is 0. The van der Waals surface area contributed by atoms with E-state index in [1.54, 1.807) is 6.07 Å². The van der Waals surface area contributed by atoms with Crippen LogP contribution in [0.2, 0.25) is 0 Å². The molecule has 20 heavy (non-hydrogen) atoms. The van der Waals surface area contributed by atoms with Crippen LogP contribution < -0.4 is 10.6 Å². The second kappa shape index (κ2) is 5.87. The summed E-state index contributed by atoms with van der Waals surface area (Å²) in [7, 11) is 0. The van der Waals surface area contributed by atoms with Crippen molar-refractivity contribution in [3.63, 3.8) is 0 Å². The van der Waals surface area contributed by atoms with Crippen molar-refractivity contribution in [1.82, 2.24) is 5.32 Å². The van der Waals surface area contributed by atoms with Gasteiger partial charge in [-0.25, -0.2) is 4.79 Å². The average molecular weight is 279 g/mol. The first kappa shape index (κ1) is 14.3. The molecule has 1 aliphatic carbocycles. The third kappa shape index (κ3) is 3.67. The van der Waals surface area contributed by atoms with E-state index < -0.39 is 16.6 Å². The first-order chi connectivity index (χ1) is 9.48. The number of amides is 2. The molecule has 1 fully saturated rings. The molecule has 0 aliphatic heterocycles. The van der Waals surface area contributed by atoms with Gasteiger partial charge in [0.1, 0.15) is 0 Å². The van der Waals surface area contributed by atoms with Crippen LogP contribution >= 0.6 is 0 Å². The van der Waals surface area contributed by atoms with Gasteiger partial charge in [0.2, 0.25) is 0 Å². The van der Waals surface area contributed by atoms with Crippen LogP contribution in [-0.2, 0) is 0 Å². The Morgan fingerprint density at radius 1 is 1.40 bits per heavy atom. The van der Waals surface area contributed by atoms with Gasteiger partial charge in [-0.15, -0.1) is 0 Å². The number of non-ortho nitro benzene ring substituents is 1. The third-order valence-corrected chi connectivity index (χ3v) is 3.43. The Hall–Kier alpha value is -2.15. The van der Waals surface area contributed by atoms with E-state index in [0.717, 1.165) is 12.8 Å². The van der Waals surface area contributed by atoms with Crippen LogP contribution in [0.1, 0.15) is 25.7 Å². The van der Waals surface area contributed by atoms with Gasteiger partial charge < -0.3 is 15.7 Å². The van der Waals surface area contributed by atoms with Crippen molar-refractivity contribution >= 4 is 17.4 Å². The summed E-state index contributed by atoms with van der Waals surface area (Å²) in [5.41, 5.74) is -0.563. The van der Waals surface area contributed by atoms with E-state index in [0.29, 0.717) is 18.5 Å². The quantitative estimate of drug-likeness (QED) is 0.579. The lowest BCUT2D eigenvalue weighted by Gasteiger charge is -2.22. The predicted octanol–water partition coefficient (Wildman–Crippen LogP) is 2.02. The molecule has 0 saturated heterocycles. The lowest BCUT2D eigenvalue weighted by molar-refractivity contribution is -0.384. The van der Waals surface area contributed by atoms with Crippen LogP contribution in [0.25, 0.3) is 0 Å². The SMILES string of the molecule is O=C(NCC1(O)CCCC1)Nc1cccc([N+](=O)[O-])c1. The van der Waals surface area contributed by atoms with E-state index in [4.69, 9.17) is 0 Å². The van der Waals surface area contributed by atoms with Crippen LogP contribution in [0.3, 0.4) is 0 Å². The summed E-state index contributed by atoms with van der Waals surface area (Å²) in [4.78, 5) is 21.8. The molecule has 0 bridgehead atoms. The Labute approximate surface area is 116 Å². The van der Waals surface area contributed by atoms with Gasteiger partial charge in [0.25, 0.3) is 5.69 Å². The zero-order valence-electron chi connectivity index (χ0n) is 11.0. The van der Waals surface area contributed by atoms with E-state index in [-0.39, 0.29) is 12.2 Å². The molecule has 0 radical (unpaired) electrons. The monoisotopic (exact) mass is 279 g/mol. The molecule has 3 N–H and O–H groups in total. The summed E-state index contributed by atoms with van der Waals surface area (Å²) < 4.78 is 0. The maximum atomic E-state index is 11.7. The number of hydrogen-bond donors (Lipinski definition) is 3. The number of anilines is 1. The molecule has 0 heterocycles. The van der Waals surface area contributed by atoms with E-state index in [1.165, 1.54) is 18.2 Å². The van der Waals surface area contributed by atoms with Crippen molar-refractivity contribution < 1.29 is 14.8 Å². The van der Waals surface area contributed by atoms with Gasteiger partial charge in [0, 0.05) is 24.4 Å². The first-order valence-electron chi connectivity index (χ1n) is 6.50. The predicted molar refractivity (Wildman–Crippen MR) is 73.5 cm³/mol. The minimum absolute atomic E-state index is 0.0859. The molecular weight excluding hydrogens is 262 g/mol. The van der Waals surface area contributed by atoms with Crippen molar-refractivity contribution in [1.29, 1.82) is 0 Å². The van der Waals surface area contributed by atoms with E-state index in [2.05, 4.69) is 10.6 Å². The molecule has 7 heteroatoms. The number of benzene rings is 1. The molecule has 108 valence electrons. The number of nitrogens with one attached hydrogen (secondary N) is 2. The second-order valence-electron chi connectivity index (χ2n) is 5.05. The Bertz CT molecular complexity index is 512. The Kier molecular flexibility index (Phi) is 4.19. The van der Waals surface area contributed by atoms with Crippen LogP contribution in [0, 0.1) is 10.1 Å². The van der Waals surface area contributed by atoms with Crippen molar-refractivity contribution in [2.75, 3.05) is 11.9 Å². The zero-order valence-corrected chi connectivity index (χ0v) is 11.0. The van der Waals surface area contributed by atoms with Gasteiger partial charge in [0.15, 0.2) is 0 Å². The van der Waals surface area contributed by atoms with Gasteiger partial charge in [-0.2, -0.15) is 0 Å². The highest BCUT2D eigenvalue weighted by Crippen LogP contribution is 2.28. The van der Waals surface area contributed by atoms with Gasteiger partial charge in [-0.1, -0.05) is 18.9 Å². The molecule has 7 nitrogen and oxygen atoms in total. The normalized spacial score (nSPS) is 16.6. The van der Waals surface area contributed by atoms with Crippen LogP contribution in [0.15, 0.2) is 24.3 Å². The molecule has 1 saturated carbocycles. The van der Waals surface area contributed by atoms with Crippen molar-refractivity contribution in [2.24, 2.45) is 0 Å². The lowest BCUT2D eigenvalue weighted by atomic mass is 10.0. The number of nitro groups is 1. The summed E-state index contributed by atoms with van der Waals surface area (Å²) in [6.45, 7) is 0.188. The number of carbonyl (C=O) groups is 1. The largest absolute Gasteiger partial charge is 0.388 e. The van der Waals surface area contributed by atoms with Crippen LogP contribution in [0.4, 0.5) is 16.2 Å². The Morgan fingerprint density at radius 3 is 2.75 bits per heavy atom. The number of nitro benzene ring substituents is 1. The number of aliphatic hydroxyl groups is 1. The minimum atomic E-state index is -0.819. The lowest BCUT2D eigenvalue weighted by Crippen LogP contribution is -2.42. The number of hydrogen-bond acceptors (Lipinski definition) is 4. The average Bonchev–Trinajstić information content (AvgIpc) is 2.84. The number of urea groups is 1. The van der Waals surface area contributed by atoms with Gasteiger partial charge >= 0.3 is 6.03 Å². The highest BCUT2D eigenvalue weighted by atomic mass is 16.6. The molecule has 1 aromatic rings. The standard InChI is InChI=1S/C13H17N3O4/c17-12(14-9-13(18)6-1-2-7-13)15-10-4-3-5-11(8-10)16(19)20/h3-5,8,18H,1-2,6-7,9H2,(H2,14,15,17). The number of carbonyl (C=O) groups excluding carboxylic acids is 1. The van der Waals surface area contributed by atoms with Gasteiger partial charge in [-0.05, 0) is 18.9 Å². The van der Waals surface area contributed by atoms with Gasteiger partial charge in [-0.3, -0.25) is 10.1 Å². The van der Waals surface area contributed by atoms with Crippen LogP contribution in [-0.4, -0.2) is 28.2 Å². The summed E-state index contributed by atoms with van der Waals surface area (Å²) in [6.07, 6.45) is 3.30. The summed E-state index contributed by atoms with van der Waals surface area (Å²) in [5, 5.41) is 25.8. The highest BCUT2D eigenvalue weighted by Gasteiger charge is 2.31. The molecule has 0 atom stereocenters. The van der Waals surface area contributed by atoms with Crippen molar-refractivity contribution in [3.8, 4) is 0 Å². The van der Waals surface area contributed by atoms with E-state index in [9.17, 15) is 20.0 Å². The third-order valence-electron chi connectivity index (χ3n) is 3.43. The fourth-order valence-corrected chi connectivity index (χ4v) is 2.33. The summed E-state index contributed by atoms with van der Waals surface area (Å²) in [6, 6.07) is 5.22. The van der Waals surface area contributed by atoms with Crippen LogP contribution in [0.5, 0.6) is 0 Å². The van der Waals surface area contributed by atoms with Crippen molar-refractivity contribution in [3.05, 3.63) is 34.4 Å². The maximum Gasteiger partial charge on any atom is 0.319 e. The minimum Gasteiger partial charge on any atom is -0.388 e. The molecule has 1 aromatic carbocycles. The van der Waals surface area contributed by atoms with Crippen molar-refractivity contribution in [2.45, 2.75) is 31.3 Å². The molecule has 0 aromatic heterocycles. The Morgan fingerprint density at radius 2 is 2.10 bits per heavy atom. The molecule has 0 unspecified atom stereocenters. The van der Waals surface area contributed by atoms with E-state index >= 15 is 0 Å². The highest BCUT2D eigenvalue weighted by molar-refractivity contribution is 5.89. The molecule has 1 aliphatic rings. The fourth-order valence-electron chi connectivity index (χ4n) is 2.33. The Balaban J connectivity index is 1.88. The molecule has 2 rings (SSSR count). The van der Waals surface area contributed by atoms with Gasteiger partial charge in [0.05, 0.1) is 10.5 Å². The molecule has 2 amide bonds. The zero-order chi connectivity index (χ0) is 14.6. The number of nitrogens with zero attached hydrogens (tertiary/aromatic N) is 1. The molecular formula is C13H17N3O4. The van der Waals surface area contributed by atoms with E-state index in [1.807, 2.05) is 0 Å². The first-order valence-corrected chi connectivity index (χ1v) is 6.50. The topological polar surface area (TPSA) is 104 Å². The smallest absolute Gasteiger partial charge is 0.319 e. The fraction of sp³-hybridized carbons (Fsp3) is 0.462. The summed E-state index contributed by atoms with van der Waals surface area (Å²) in [5.74, 6) is 0. The second-order valence-corrected chi connectivity index (χ2v) is 5.05. The molecule has 0 spiro atoms.